The predicted molar refractivity (Wildman–Crippen MR) is 62.2 cm³/mol. The summed E-state index contributed by atoms with van der Waals surface area (Å²) in [5, 5.41) is 8.95. The van der Waals surface area contributed by atoms with E-state index in [-0.39, 0.29) is 0 Å². The molecule has 0 aromatic rings. The SMILES string of the molecule is CCCC(OCC1CCCC1CN)C(=O)O. The van der Waals surface area contributed by atoms with Crippen LogP contribution in [0.5, 0.6) is 0 Å². The quantitative estimate of drug-likeness (QED) is 0.696. The van der Waals surface area contributed by atoms with E-state index in [1.165, 1.54) is 6.42 Å². The minimum Gasteiger partial charge on any atom is -0.479 e. The van der Waals surface area contributed by atoms with Crippen LogP contribution in [0.1, 0.15) is 39.0 Å². The maximum absolute atomic E-state index is 10.9. The molecule has 0 amide bonds. The van der Waals surface area contributed by atoms with Crippen LogP contribution in [-0.4, -0.2) is 30.3 Å². The lowest BCUT2D eigenvalue weighted by Crippen LogP contribution is -2.29. The van der Waals surface area contributed by atoms with Crippen LogP contribution in [0.25, 0.3) is 0 Å². The maximum atomic E-state index is 10.9. The molecule has 0 spiro atoms. The second kappa shape index (κ2) is 6.86. The molecule has 1 fully saturated rings. The van der Waals surface area contributed by atoms with E-state index in [0.29, 0.717) is 31.4 Å². The zero-order valence-corrected chi connectivity index (χ0v) is 10.0. The fourth-order valence-electron chi connectivity index (χ4n) is 2.42. The summed E-state index contributed by atoms with van der Waals surface area (Å²) in [5.74, 6) is 0.143. The van der Waals surface area contributed by atoms with Crippen LogP contribution >= 0.6 is 0 Å². The van der Waals surface area contributed by atoms with Crippen molar-refractivity contribution in [1.82, 2.24) is 0 Å². The highest BCUT2D eigenvalue weighted by molar-refractivity contribution is 5.72. The van der Waals surface area contributed by atoms with Gasteiger partial charge in [0.1, 0.15) is 0 Å². The van der Waals surface area contributed by atoms with Gasteiger partial charge in [-0.1, -0.05) is 19.8 Å². The molecule has 3 N–H and O–H groups in total. The van der Waals surface area contributed by atoms with Crippen molar-refractivity contribution in [2.45, 2.75) is 45.1 Å². The standard InChI is InChI=1S/C12H23NO3/c1-2-4-11(12(14)15)16-8-10-6-3-5-9(10)7-13/h9-11H,2-8,13H2,1H3,(H,14,15). The Morgan fingerprint density at radius 3 is 2.75 bits per heavy atom. The number of nitrogens with two attached hydrogens (primary N) is 1. The van der Waals surface area contributed by atoms with Gasteiger partial charge in [0.25, 0.3) is 0 Å². The van der Waals surface area contributed by atoms with Crippen LogP contribution in [0.15, 0.2) is 0 Å². The topological polar surface area (TPSA) is 72.5 Å². The third-order valence-electron chi connectivity index (χ3n) is 3.46. The molecule has 1 aliphatic carbocycles. The average molecular weight is 229 g/mol. The third kappa shape index (κ3) is 3.76. The summed E-state index contributed by atoms with van der Waals surface area (Å²) < 4.78 is 5.50. The van der Waals surface area contributed by atoms with E-state index in [4.69, 9.17) is 15.6 Å². The van der Waals surface area contributed by atoms with Crippen molar-refractivity contribution in [2.24, 2.45) is 17.6 Å². The summed E-state index contributed by atoms with van der Waals surface area (Å²) in [4.78, 5) is 10.9. The lowest BCUT2D eigenvalue weighted by molar-refractivity contribution is -0.152. The molecule has 1 aliphatic rings. The van der Waals surface area contributed by atoms with Crippen molar-refractivity contribution in [1.29, 1.82) is 0 Å². The Morgan fingerprint density at radius 2 is 2.19 bits per heavy atom. The van der Waals surface area contributed by atoms with E-state index in [9.17, 15) is 4.79 Å². The van der Waals surface area contributed by atoms with E-state index in [2.05, 4.69) is 0 Å². The predicted octanol–water partition coefficient (Wildman–Crippen LogP) is 1.63. The van der Waals surface area contributed by atoms with Crippen molar-refractivity contribution in [2.75, 3.05) is 13.2 Å². The number of hydrogen-bond acceptors (Lipinski definition) is 3. The van der Waals surface area contributed by atoms with Crippen LogP contribution in [0.4, 0.5) is 0 Å². The largest absolute Gasteiger partial charge is 0.479 e. The number of ether oxygens (including phenoxy) is 1. The van der Waals surface area contributed by atoms with Gasteiger partial charge in [-0.25, -0.2) is 4.79 Å². The minimum absolute atomic E-state index is 0.462. The molecule has 3 atom stereocenters. The molecule has 4 nitrogen and oxygen atoms in total. The fourth-order valence-corrected chi connectivity index (χ4v) is 2.42. The van der Waals surface area contributed by atoms with Gasteiger partial charge in [0.15, 0.2) is 6.10 Å². The Hall–Kier alpha value is -0.610. The second-order valence-electron chi connectivity index (χ2n) is 4.64. The first-order valence-corrected chi connectivity index (χ1v) is 6.23. The lowest BCUT2D eigenvalue weighted by atomic mass is 9.97. The molecule has 0 aromatic heterocycles. The number of rotatable bonds is 7. The fraction of sp³-hybridized carbons (Fsp3) is 0.917. The van der Waals surface area contributed by atoms with Gasteiger partial charge in [-0.05, 0) is 37.6 Å². The van der Waals surface area contributed by atoms with Crippen LogP contribution in [0.3, 0.4) is 0 Å². The van der Waals surface area contributed by atoms with Gasteiger partial charge >= 0.3 is 5.97 Å². The highest BCUT2D eigenvalue weighted by Crippen LogP contribution is 2.31. The molecule has 0 aliphatic heterocycles. The highest BCUT2D eigenvalue weighted by atomic mass is 16.5. The minimum atomic E-state index is -0.843. The Labute approximate surface area is 97.2 Å². The molecule has 1 rings (SSSR count). The molecule has 0 heterocycles. The monoisotopic (exact) mass is 229 g/mol. The zero-order chi connectivity index (χ0) is 12.0. The molecule has 0 radical (unpaired) electrons. The molecule has 94 valence electrons. The Kier molecular flexibility index (Phi) is 5.77. The summed E-state index contributed by atoms with van der Waals surface area (Å²) in [6, 6.07) is 0. The van der Waals surface area contributed by atoms with Crippen molar-refractivity contribution >= 4 is 5.97 Å². The number of carboxylic acid groups (broad SMARTS) is 1. The normalized spacial score (nSPS) is 26.9. The maximum Gasteiger partial charge on any atom is 0.332 e. The number of hydrogen-bond donors (Lipinski definition) is 2. The Morgan fingerprint density at radius 1 is 1.50 bits per heavy atom. The number of carboxylic acids is 1. The molecular weight excluding hydrogens is 206 g/mol. The Balaban J connectivity index is 2.33. The van der Waals surface area contributed by atoms with Crippen LogP contribution in [0.2, 0.25) is 0 Å². The van der Waals surface area contributed by atoms with Gasteiger partial charge in [-0.2, -0.15) is 0 Å². The van der Waals surface area contributed by atoms with Gasteiger partial charge in [-0.15, -0.1) is 0 Å². The molecule has 0 saturated heterocycles. The molecule has 0 bridgehead atoms. The summed E-state index contributed by atoms with van der Waals surface area (Å²) in [6.07, 6.45) is 4.28. The van der Waals surface area contributed by atoms with Gasteiger partial charge in [0.05, 0.1) is 6.61 Å². The molecule has 3 unspecified atom stereocenters. The average Bonchev–Trinajstić information content (AvgIpc) is 2.71. The first-order valence-electron chi connectivity index (χ1n) is 6.23. The van der Waals surface area contributed by atoms with Crippen LogP contribution in [-0.2, 0) is 9.53 Å². The van der Waals surface area contributed by atoms with Gasteiger partial charge in [0.2, 0.25) is 0 Å². The van der Waals surface area contributed by atoms with Crippen molar-refractivity contribution in [3.63, 3.8) is 0 Å². The van der Waals surface area contributed by atoms with E-state index >= 15 is 0 Å². The number of aliphatic carboxylic acids is 1. The summed E-state index contributed by atoms with van der Waals surface area (Å²) in [7, 11) is 0. The first kappa shape index (κ1) is 13.5. The smallest absolute Gasteiger partial charge is 0.332 e. The zero-order valence-electron chi connectivity index (χ0n) is 10.0. The molecule has 1 saturated carbocycles. The van der Waals surface area contributed by atoms with E-state index < -0.39 is 12.1 Å². The molecule has 4 heteroatoms. The van der Waals surface area contributed by atoms with Crippen molar-refractivity contribution in [3.8, 4) is 0 Å². The van der Waals surface area contributed by atoms with Crippen LogP contribution < -0.4 is 5.73 Å². The molecule has 16 heavy (non-hydrogen) atoms. The molecular formula is C12H23NO3. The highest BCUT2D eigenvalue weighted by Gasteiger charge is 2.28. The lowest BCUT2D eigenvalue weighted by Gasteiger charge is -2.20. The molecule has 0 aromatic carbocycles. The first-order chi connectivity index (χ1) is 7.69. The summed E-state index contributed by atoms with van der Waals surface area (Å²) >= 11 is 0. The summed E-state index contributed by atoms with van der Waals surface area (Å²) in [5.41, 5.74) is 5.68. The third-order valence-corrected chi connectivity index (χ3v) is 3.46. The van der Waals surface area contributed by atoms with Gasteiger partial charge in [0, 0.05) is 0 Å². The van der Waals surface area contributed by atoms with Gasteiger partial charge in [-0.3, -0.25) is 0 Å². The van der Waals surface area contributed by atoms with E-state index in [1.54, 1.807) is 0 Å². The van der Waals surface area contributed by atoms with Crippen molar-refractivity contribution < 1.29 is 14.6 Å². The van der Waals surface area contributed by atoms with Crippen LogP contribution in [0, 0.1) is 11.8 Å². The van der Waals surface area contributed by atoms with Crippen molar-refractivity contribution in [3.05, 3.63) is 0 Å². The Bertz CT molecular complexity index is 220. The van der Waals surface area contributed by atoms with E-state index in [0.717, 1.165) is 19.3 Å². The van der Waals surface area contributed by atoms with E-state index in [1.807, 2.05) is 6.92 Å². The second-order valence-corrected chi connectivity index (χ2v) is 4.64. The number of carbonyl (C=O) groups is 1. The van der Waals surface area contributed by atoms with Gasteiger partial charge < -0.3 is 15.6 Å². The summed E-state index contributed by atoms with van der Waals surface area (Å²) in [6.45, 7) is 3.22.